The van der Waals surface area contributed by atoms with E-state index in [2.05, 4.69) is 6.58 Å². The minimum Gasteiger partial charge on any atom is -0.382 e. The maximum atomic E-state index is 5.88. The summed E-state index contributed by atoms with van der Waals surface area (Å²) in [6, 6.07) is 9.96. The highest BCUT2D eigenvalue weighted by molar-refractivity contribution is 5.62. The van der Waals surface area contributed by atoms with Gasteiger partial charge in [0.1, 0.15) is 0 Å². The highest BCUT2D eigenvalue weighted by Gasteiger charge is 2.19. The van der Waals surface area contributed by atoms with Crippen LogP contribution in [0.1, 0.15) is 12.7 Å². The Morgan fingerprint density at radius 3 is 1.38 bits per heavy atom. The predicted molar refractivity (Wildman–Crippen MR) is 181 cm³/mol. The number of allylic oxidation sites excluding steroid dienone is 1. The fraction of sp³-hybridized carbons (Fsp3) is 0.667. The zero-order chi connectivity index (χ0) is 33.8. The molecule has 0 spiro atoms. The summed E-state index contributed by atoms with van der Waals surface area (Å²) in [6.07, 6.45) is 0. The second kappa shape index (κ2) is 27.2. The van der Waals surface area contributed by atoms with Crippen molar-refractivity contribution >= 4 is 23.2 Å². The van der Waals surface area contributed by atoms with Crippen molar-refractivity contribution in [2.75, 3.05) is 150 Å². The summed E-state index contributed by atoms with van der Waals surface area (Å²) in [6.45, 7) is 15.0. The van der Waals surface area contributed by atoms with Crippen molar-refractivity contribution in [1.82, 2.24) is 15.0 Å². The van der Waals surface area contributed by atoms with Gasteiger partial charge >= 0.3 is 0 Å². The molecule has 2 aromatic rings. The molecular weight excluding hydrogens is 610 g/mol. The van der Waals surface area contributed by atoms with Gasteiger partial charge in [-0.2, -0.15) is 15.0 Å². The molecule has 14 nitrogen and oxygen atoms in total. The number of rotatable bonds is 31. The highest BCUT2D eigenvalue weighted by atomic mass is 16.6. The molecule has 47 heavy (non-hydrogen) atoms. The van der Waals surface area contributed by atoms with Crippen LogP contribution in [-0.2, 0) is 42.6 Å². The summed E-state index contributed by atoms with van der Waals surface area (Å²) in [5.41, 5.74) is 1.65. The maximum absolute atomic E-state index is 5.88. The summed E-state index contributed by atoms with van der Waals surface area (Å²) in [7, 11) is 4.94. The Bertz CT molecular complexity index is 1030. The van der Waals surface area contributed by atoms with E-state index in [9.17, 15) is 0 Å². The first-order valence-electron chi connectivity index (χ1n) is 16.0. The lowest BCUT2D eigenvalue weighted by Gasteiger charge is -2.27. The van der Waals surface area contributed by atoms with E-state index in [1.807, 2.05) is 47.1 Å². The number of hydrogen-bond donors (Lipinski definition) is 0. The minimum absolute atomic E-state index is 0.441. The smallest absolute Gasteiger partial charge is 0.235 e. The van der Waals surface area contributed by atoms with Crippen molar-refractivity contribution in [2.24, 2.45) is 0 Å². The Morgan fingerprint density at radius 1 is 0.532 bits per heavy atom. The van der Waals surface area contributed by atoms with Gasteiger partial charge in [0, 0.05) is 46.7 Å². The van der Waals surface area contributed by atoms with Gasteiger partial charge in [-0.15, -0.1) is 0 Å². The number of benzene rings is 1. The second-order valence-electron chi connectivity index (χ2n) is 10.2. The molecule has 0 bridgehead atoms. The first kappa shape index (κ1) is 40.4. The molecule has 1 heterocycles. The lowest BCUT2D eigenvalue weighted by molar-refractivity contribution is 0.0235. The molecule has 0 fully saturated rings. The average Bonchev–Trinajstić information content (AvgIpc) is 3.09. The molecule has 0 aliphatic rings. The Balaban J connectivity index is 2.17. The molecule has 0 saturated carbocycles. The van der Waals surface area contributed by atoms with E-state index in [0.717, 1.165) is 11.3 Å². The van der Waals surface area contributed by atoms with Gasteiger partial charge in [-0.25, -0.2) is 0 Å². The van der Waals surface area contributed by atoms with Crippen LogP contribution >= 0.6 is 0 Å². The number of aromatic nitrogens is 3. The van der Waals surface area contributed by atoms with Gasteiger partial charge in [-0.3, -0.25) is 0 Å². The van der Waals surface area contributed by atoms with Crippen LogP contribution in [0, 0.1) is 0 Å². The molecule has 2 rings (SSSR count). The Labute approximate surface area is 280 Å². The van der Waals surface area contributed by atoms with Gasteiger partial charge in [0.15, 0.2) is 5.82 Å². The van der Waals surface area contributed by atoms with Crippen molar-refractivity contribution in [3.8, 4) is 0 Å². The standard InChI is InChI=1S/C33H55N5O9/c1-29(2)31-34-32(37(11-14-42-23-26-45-20-17-39-3)12-15-43-24-27-46-21-18-40-4)36-33(35-31)38(30-9-7-6-8-10-30)13-16-44-25-28-47-22-19-41-5/h6-10H,1,11-28H2,2-5H3. The number of ether oxygens (including phenoxy) is 9. The van der Waals surface area contributed by atoms with Gasteiger partial charge in [0.05, 0.1) is 99.1 Å². The number of methoxy groups -OCH3 is 3. The van der Waals surface area contributed by atoms with E-state index in [0.29, 0.717) is 136 Å². The fourth-order valence-electron chi connectivity index (χ4n) is 3.97. The molecule has 0 saturated heterocycles. The van der Waals surface area contributed by atoms with Gasteiger partial charge in [0.2, 0.25) is 11.9 Å². The summed E-state index contributed by atoms with van der Waals surface area (Å²) < 4.78 is 49.2. The average molecular weight is 666 g/mol. The fourth-order valence-corrected chi connectivity index (χ4v) is 3.97. The molecule has 0 amide bonds. The SMILES string of the molecule is C=C(C)c1nc(N(CCOCCOCCOC)CCOCCOCCOC)nc(N(CCOCCOCCOC)c2ccccc2)n1. The van der Waals surface area contributed by atoms with Gasteiger partial charge in [-0.05, 0) is 24.6 Å². The lowest BCUT2D eigenvalue weighted by atomic mass is 10.3. The third kappa shape index (κ3) is 18.4. The molecule has 0 N–H and O–H groups in total. The Morgan fingerprint density at radius 2 is 0.936 bits per heavy atom. The number of para-hydroxylation sites is 1. The minimum atomic E-state index is 0.441. The van der Waals surface area contributed by atoms with Crippen LogP contribution in [0.3, 0.4) is 0 Å². The van der Waals surface area contributed by atoms with E-state index < -0.39 is 0 Å². The van der Waals surface area contributed by atoms with Gasteiger partial charge < -0.3 is 52.4 Å². The molecule has 14 heteroatoms. The molecule has 1 aromatic heterocycles. The highest BCUT2D eigenvalue weighted by Crippen LogP contribution is 2.25. The molecular formula is C33H55N5O9. The first-order chi connectivity index (χ1) is 23.1. The van der Waals surface area contributed by atoms with E-state index in [1.54, 1.807) is 21.3 Å². The third-order valence-corrected chi connectivity index (χ3v) is 6.47. The van der Waals surface area contributed by atoms with E-state index >= 15 is 0 Å². The zero-order valence-electron chi connectivity index (χ0n) is 28.7. The molecule has 0 unspecified atom stereocenters. The number of anilines is 3. The van der Waals surface area contributed by atoms with E-state index in [4.69, 9.17) is 57.6 Å². The maximum Gasteiger partial charge on any atom is 0.235 e. The summed E-state index contributed by atoms with van der Waals surface area (Å²) in [5.74, 6) is 1.49. The van der Waals surface area contributed by atoms with Crippen molar-refractivity contribution < 1.29 is 42.6 Å². The quantitative estimate of drug-likeness (QED) is 0.110. The van der Waals surface area contributed by atoms with Crippen molar-refractivity contribution in [1.29, 1.82) is 0 Å². The van der Waals surface area contributed by atoms with Crippen LogP contribution in [0.5, 0.6) is 0 Å². The predicted octanol–water partition coefficient (Wildman–Crippen LogP) is 2.89. The lowest BCUT2D eigenvalue weighted by Crippen LogP contribution is -2.34. The number of nitrogens with zero attached hydrogens (tertiary/aromatic N) is 5. The Hall–Kier alpha value is -2.79. The third-order valence-electron chi connectivity index (χ3n) is 6.47. The van der Waals surface area contributed by atoms with Crippen molar-refractivity contribution in [3.05, 3.63) is 42.7 Å². The van der Waals surface area contributed by atoms with Gasteiger partial charge in [0.25, 0.3) is 0 Å². The van der Waals surface area contributed by atoms with Crippen LogP contribution in [0.15, 0.2) is 36.9 Å². The van der Waals surface area contributed by atoms with Crippen LogP contribution < -0.4 is 9.80 Å². The molecule has 0 aliphatic heterocycles. The first-order valence-corrected chi connectivity index (χ1v) is 16.0. The van der Waals surface area contributed by atoms with Crippen LogP contribution in [0.25, 0.3) is 5.57 Å². The summed E-state index contributed by atoms with van der Waals surface area (Å²) in [5, 5.41) is 0. The molecule has 0 atom stereocenters. The topological polar surface area (TPSA) is 128 Å². The molecule has 1 aromatic carbocycles. The second-order valence-corrected chi connectivity index (χ2v) is 10.2. The molecule has 266 valence electrons. The largest absolute Gasteiger partial charge is 0.382 e. The zero-order valence-corrected chi connectivity index (χ0v) is 28.7. The Kier molecular flexibility index (Phi) is 23.4. The molecule has 0 radical (unpaired) electrons. The van der Waals surface area contributed by atoms with E-state index in [-0.39, 0.29) is 0 Å². The number of hydrogen-bond acceptors (Lipinski definition) is 14. The van der Waals surface area contributed by atoms with Crippen molar-refractivity contribution in [2.45, 2.75) is 6.92 Å². The molecule has 0 aliphatic carbocycles. The monoisotopic (exact) mass is 665 g/mol. The van der Waals surface area contributed by atoms with Crippen LogP contribution in [-0.4, -0.2) is 155 Å². The van der Waals surface area contributed by atoms with Crippen LogP contribution in [0.4, 0.5) is 17.6 Å². The van der Waals surface area contributed by atoms with E-state index in [1.165, 1.54) is 0 Å². The summed E-state index contributed by atoms with van der Waals surface area (Å²) >= 11 is 0. The normalized spacial score (nSPS) is 11.2. The van der Waals surface area contributed by atoms with Gasteiger partial charge in [-0.1, -0.05) is 24.8 Å². The summed E-state index contributed by atoms with van der Waals surface area (Å²) in [4.78, 5) is 18.6. The van der Waals surface area contributed by atoms with Crippen molar-refractivity contribution in [3.63, 3.8) is 0 Å². The van der Waals surface area contributed by atoms with Crippen LogP contribution in [0.2, 0.25) is 0 Å².